The first kappa shape index (κ1) is 7.56. The molecule has 1 aliphatic carbocycles. The molecule has 0 spiro atoms. The first-order chi connectivity index (χ1) is 5.34. The van der Waals surface area contributed by atoms with Gasteiger partial charge in [-0.2, -0.15) is 0 Å². The van der Waals surface area contributed by atoms with E-state index in [-0.39, 0.29) is 0 Å². The topological polar surface area (TPSA) is 35.2 Å². The smallest absolute Gasteiger partial charge is 0.0578 e. The maximum atomic E-state index is 5.70. The molecule has 2 fully saturated rings. The molecule has 1 aliphatic heterocycles. The van der Waals surface area contributed by atoms with E-state index in [4.69, 9.17) is 10.5 Å². The van der Waals surface area contributed by atoms with Crippen molar-refractivity contribution in [3.8, 4) is 0 Å². The maximum Gasteiger partial charge on any atom is 0.0578 e. The fraction of sp³-hybridized carbons (Fsp3) is 1.00. The third-order valence-electron chi connectivity index (χ3n) is 2.89. The maximum absolute atomic E-state index is 5.70. The molecule has 2 rings (SSSR count). The van der Waals surface area contributed by atoms with Crippen molar-refractivity contribution in [1.82, 2.24) is 0 Å². The standard InChI is InChI=1S/C9H17NO/c10-8-4-7(5-8)6-9-2-1-3-11-9/h7-9H,1-6,10H2. The Balaban J connectivity index is 1.66. The molecule has 1 unspecified atom stereocenters. The average molecular weight is 155 g/mol. The van der Waals surface area contributed by atoms with Gasteiger partial charge in [-0.05, 0) is 38.0 Å². The zero-order chi connectivity index (χ0) is 7.68. The Kier molecular flexibility index (Phi) is 2.14. The second-order valence-electron chi connectivity index (χ2n) is 3.97. The molecule has 0 radical (unpaired) electrons. The Hall–Kier alpha value is -0.0800. The third kappa shape index (κ3) is 1.74. The van der Waals surface area contributed by atoms with E-state index in [0.29, 0.717) is 12.1 Å². The summed E-state index contributed by atoms with van der Waals surface area (Å²) in [5.74, 6) is 0.882. The number of rotatable bonds is 2. The summed E-state index contributed by atoms with van der Waals surface area (Å²) in [6, 6.07) is 0.501. The average Bonchev–Trinajstić information content (AvgIpc) is 2.36. The lowest BCUT2D eigenvalue weighted by Gasteiger charge is -2.33. The van der Waals surface area contributed by atoms with Gasteiger partial charge in [0.05, 0.1) is 6.10 Å². The number of nitrogens with two attached hydrogens (primary N) is 1. The van der Waals surface area contributed by atoms with E-state index in [1.54, 1.807) is 0 Å². The summed E-state index contributed by atoms with van der Waals surface area (Å²) in [7, 11) is 0. The Morgan fingerprint density at radius 1 is 1.36 bits per heavy atom. The summed E-state index contributed by atoms with van der Waals surface area (Å²) in [6.45, 7) is 0.990. The zero-order valence-corrected chi connectivity index (χ0v) is 6.96. The molecule has 0 bridgehead atoms. The van der Waals surface area contributed by atoms with Gasteiger partial charge in [0.2, 0.25) is 0 Å². The van der Waals surface area contributed by atoms with Crippen LogP contribution < -0.4 is 5.73 Å². The molecule has 2 nitrogen and oxygen atoms in total. The Morgan fingerprint density at radius 2 is 2.18 bits per heavy atom. The van der Waals surface area contributed by atoms with Gasteiger partial charge in [0.25, 0.3) is 0 Å². The molecule has 2 N–H and O–H groups in total. The van der Waals surface area contributed by atoms with Crippen LogP contribution in [0.4, 0.5) is 0 Å². The molecular weight excluding hydrogens is 138 g/mol. The molecule has 1 saturated carbocycles. The van der Waals surface area contributed by atoms with Crippen LogP contribution in [0.5, 0.6) is 0 Å². The monoisotopic (exact) mass is 155 g/mol. The largest absolute Gasteiger partial charge is 0.378 e. The Bertz CT molecular complexity index is 126. The fourth-order valence-corrected chi connectivity index (χ4v) is 2.18. The minimum Gasteiger partial charge on any atom is -0.378 e. The minimum atomic E-state index is 0.501. The molecule has 0 amide bonds. The molecule has 1 saturated heterocycles. The summed E-state index contributed by atoms with van der Waals surface area (Å²) in [5, 5.41) is 0. The van der Waals surface area contributed by atoms with Crippen LogP contribution in [0.25, 0.3) is 0 Å². The lowest BCUT2D eigenvalue weighted by molar-refractivity contribution is 0.0708. The highest BCUT2D eigenvalue weighted by Gasteiger charge is 2.29. The van der Waals surface area contributed by atoms with E-state index in [9.17, 15) is 0 Å². The highest BCUT2D eigenvalue weighted by molar-refractivity contribution is 4.84. The van der Waals surface area contributed by atoms with Crippen LogP contribution in [0, 0.1) is 5.92 Å². The second kappa shape index (κ2) is 3.11. The third-order valence-corrected chi connectivity index (χ3v) is 2.89. The molecule has 0 aromatic heterocycles. The summed E-state index contributed by atoms with van der Waals surface area (Å²) in [4.78, 5) is 0. The lowest BCUT2D eigenvalue weighted by Crippen LogP contribution is -2.37. The molecule has 2 heteroatoms. The number of hydrogen-bond donors (Lipinski definition) is 1. The van der Waals surface area contributed by atoms with Gasteiger partial charge in [0.15, 0.2) is 0 Å². The van der Waals surface area contributed by atoms with Crippen molar-refractivity contribution in [2.24, 2.45) is 11.7 Å². The summed E-state index contributed by atoms with van der Waals surface area (Å²) < 4.78 is 5.55. The van der Waals surface area contributed by atoms with E-state index in [1.807, 2.05) is 0 Å². The van der Waals surface area contributed by atoms with Crippen LogP contribution in [0.15, 0.2) is 0 Å². The molecule has 2 aliphatic rings. The predicted molar refractivity (Wildman–Crippen MR) is 44.3 cm³/mol. The van der Waals surface area contributed by atoms with Gasteiger partial charge in [-0.1, -0.05) is 0 Å². The molecule has 64 valence electrons. The molecule has 1 atom stereocenters. The van der Waals surface area contributed by atoms with Crippen molar-refractivity contribution in [3.63, 3.8) is 0 Å². The van der Waals surface area contributed by atoms with Gasteiger partial charge >= 0.3 is 0 Å². The first-order valence-electron chi connectivity index (χ1n) is 4.72. The van der Waals surface area contributed by atoms with Crippen LogP contribution in [0.1, 0.15) is 32.1 Å². The fourth-order valence-electron chi connectivity index (χ4n) is 2.18. The lowest BCUT2D eigenvalue weighted by atomic mass is 9.77. The molecule has 0 aromatic carbocycles. The van der Waals surface area contributed by atoms with Crippen molar-refractivity contribution in [1.29, 1.82) is 0 Å². The van der Waals surface area contributed by atoms with Crippen LogP contribution in [-0.2, 0) is 4.74 Å². The van der Waals surface area contributed by atoms with Crippen LogP contribution >= 0.6 is 0 Å². The van der Waals surface area contributed by atoms with Crippen molar-refractivity contribution in [2.75, 3.05) is 6.61 Å². The van der Waals surface area contributed by atoms with Crippen molar-refractivity contribution < 1.29 is 4.74 Å². The van der Waals surface area contributed by atoms with Crippen molar-refractivity contribution in [2.45, 2.75) is 44.2 Å². The molecule has 11 heavy (non-hydrogen) atoms. The van der Waals surface area contributed by atoms with E-state index in [0.717, 1.165) is 12.5 Å². The highest BCUT2D eigenvalue weighted by atomic mass is 16.5. The van der Waals surface area contributed by atoms with Gasteiger partial charge < -0.3 is 10.5 Å². The number of ether oxygens (including phenoxy) is 1. The van der Waals surface area contributed by atoms with Gasteiger partial charge in [-0.3, -0.25) is 0 Å². The summed E-state index contributed by atoms with van der Waals surface area (Å²) in [5.41, 5.74) is 5.70. The Morgan fingerprint density at radius 3 is 2.73 bits per heavy atom. The molecular formula is C9H17NO. The van der Waals surface area contributed by atoms with E-state index in [1.165, 1.54) is 32.1 Å². The van der Waals surface area contributed by atoms with E-state index < -0.39 is 0 Å². The molecule has 1 heterocycles. The van der Waals surface area contributed by atoms with Gasteiger partial charge in [-0.25, -0.2) is 0 Å². The van der Waals surface area contributed by atoms with Crippen LogP contribution in [0.2, 0.25) is 0 Å². The first-order valence-corrected chi connectivity index (χ1v) is 4.72. The van der Waals surface area contributed by atoms with Gasteiger partial charge in [-0.15, -0.1) is 0 Å². The Labute approximate surface area is 68.1 Å². The van der Waals surface area contributed by atoms with Gasteiger partial charge in [0.1, 0.15) is 0 Å². The van der Waals surface area contributed by atoms with Crippen LogP contribution in [0.3, 0.4) is 0 Å². The van der Waals surface area contributed by atoms with Crippen molar-refractivity contribution >= 4 is 0 Å². The number of hydrogen-bond acceptors (Lipinski definition) is 2. The van der Waals surface area contributed by atoms with Gasteiger partial charge in [0, 0.05) is 12.6 Å². The summed E-state index contributed by atoms with van der Waals surface area (Å²) >= 11 is 0. The second-order valence-corrected chi connectivity index (χ2v) is 3.97. The minimum absolute atomic E-state index is 0.501. The normalized spacial score (nSPS) is 43.9. The predicted octanol–water partition coefficient (Wildman–Crippen LogP) is 1.29. The van der Waals surface area contributed by atoms with Crippen LogP contribution in [-0.4, -0.2) is 18.8 Å². The quantitative estimate of drug-likeness (QED) is 0.652. The van der Waals surface area contributed by atoms with Crippen molar-refractivity contribution in [3.05, 3.63) is 0 Å². The SMILES string of the molecule is NC1CC(CC2CCCO2)C1. The summed E-state index contributed by atoms with van der Waals surface area (Å²) in [6.07, 6.45) is 6.87. The zero-order valence-electron chi connectivity index (χ0n) is 6.96. The molecule has 0 aromatic rings. The van der Waals surface area contributed by atoms with E-state index in [2.05, 4.69) is 0 Å². The highest BCUT2D eigenvalue weighted by Crippen LogP contribution is 2.32. The van der Waals surface area contributed by atoms with E-state index >= 15 is 0 Å².